The van der Waals surface area contributed by atoms with Crippen molar-refractivity contribution in [2.45, 2.75) is 25.3 Å². The molecule has 1 aliphatic rings. The number of thiocarbonyl (C=S) groups is 1. The van der Waals surface area contributed by atoms with E-state index in [4.69, 9.17) is 18.0 Å². The highest BCUT2D eigenvalue weighted by molar-refractivity contribution is 7.88. The molecule has 20 heavy (non-hydrogen) atoms. The number of carbonyl (C=O) groups is 1. The summed E-state index contributed by atoms with van der Waals surface area (Å²) in [6.45, 7) is 2.96. The fraction of sp³-hybridized carbons (Fsp3) is 0.800. The summed E-state index contributed by atoms with van der Waals surface area (Å²) in [6.07, 6.45) is -0.142. The van der Waals surface area contributed by atoms with E-state index in [0.29, 0.717) is 25.9 Å². The van der Waals surface area contributed by atoms with Gasteiger partial charge in [-0.15, -0.1) is 0 Å². The summed E-state index contributed by atoms with van der Waals surface area (Å²) >= 11 is 4.99. The zero-order chi connectivity index (χ0) is 15.4. The molecule has 0 unspecified atom stereocenters. The van der Waals surface area contributed by atoms with Crippen LogP contribution in [0.1, 0.15) is 19.8 Å². The summed E-state index contributed by atoms with van der Waals surface area (Å²) < 4.78 is 32.5. The predicted octanol–water partition coefficient (Wildman–Crippen LogP) is -0.683. The minimum absolute atomic E-state index is 0.0693. The maximum absolute atomic E-state index is 11.9. The second-order valence-electron chi connectivity index (χ2n) is 4.68. The number of hydrogen-bond donors (Lipinski definition) is 3. The van der Waals surface area contributed by atoms with E-state index in [9.17, 15) is 13.2 Å². The van der Waals surface area contributed by atoms with Crippen LogP contribution in [0.2, 0.25) is 0 Å². The van der Waals surface area contributed by atoms with Crippen molar-refractivity contribution in [3.05, 3.63) is 0 Å². The first kappa shape index (κ1) is 17.1. The SMILES string of the molecule is CCOC(=O)NS(=O)(=O)NC1(C(N)=S)CCN(C)CC1. The van der Waals surface area contributed by atoms with Crippen LogP contribution in [0.25, 0.3) is 0 Å². The van der Waals surface area contributed by atoms with Crippen molar-refractivity contribution in [2.24, 2.45) is 5.73 Å². The van der Waals surface area contributed by atoms with E-state index in [1.54, 1.807) is 11.6 Å². The Labute approximate surface area is 124 Å². The quantitative estimate of drug-likeness (QED) is 0.574. The van der Waals surface area contributed by atoms with Crippen molar-refractivity contribution in [1.29, 1.82) is 0 Å². The summed E-state index contributed by atoms with van der Waals surface area (Å²) in [7, 11) is -2.16. The van der Waals surface area contributed by atoms with Gasteiger partial charge in [0, 0.05) is 13.1 Å². The van der Waals surface area contributed by atoms with Crippen molar-refractivity contribution in [2.75, 3.05) is 26.7 Å². The van der Waals surface area contributed by atoms with E-state index < -0.39 is 21.8 Å². The molecule has 0 aromatic heterocycles. The van der Waals surface area contributed by atoms with Crippen LogP contribution in [0.15, 0.2) is 0 Å². The third kappa shape index (κ3) is 4.54. The fourth-order valence-electron chi connectivity index (χ4n) is 1.95. The highest BCUT2D eigenvalue weighted by atomic mass is 32.2. The average molecular weight is 324 g/mol. The van der Waals surface area contributed by atoms with Gasteiger partial charge in [-0.1, -0.05) is 12.2 Å². The largest absolute Gasteiger partial charge is 0.449 e. The highest BCUT2D eigenvalue weighted by Gasteiger charge is 2.40. The molecule has 1 fully saturated rings. The Morgan fingerprint density at radius 2 is 2.00 bits per heavy atom. The average Bonchev–Trinajstić information content (AvgIpc) is 2.31. The molecular formula is C10H20N4O4S2. The number of likely N-dealkylation sites (tertiary alicyclic amines) is 1. The lowest BCUT2D eigenvalue weighted by Crippen LogP contribution is -2.63. The summed E-state index contributed by atoms with van der Waals surface area (Å²) in [6, 6.07) is 0. The maximum Gasteiger partial charge on any atom is 0.421 e. The van der Waals surface area contributed by atoms with Gasteiger partial charge in [-0.25, -0.2) is 9.52 Å². The van der Waals surface area contributed by atoms with Crippen molar-refractivity contribution in [3.8, 4) is 0 Å². The summed E-state index contributed by atoms with van der Waals surface area (Å²) in [5, 5.41) is 0. The number of ether oxygens (including phenoxy) is 1. The van der Waals surface area contributed by atoms with Gasteiger partial charge in [0.2, 0.25) is 0 Å². The Kier molecular flexibility index (Phi) is 5.68. The Morgan fingerprint density at radius 3 is 2.45 bits per heavy atom. The molecule has 0 bridgehead atoms. The van der Waals surface area contributed by atoms with Crippen LogP contribution in [-0.4, -0.2) is 56.7 Å². The Morgan fingerprint density at radius 1 is 1.45 bits per heavy atom. The van der Waals surface area contributed by atoms with Crippen LogP contribution >= 0.6 is 12.2 Å². The molecule has 0 aromatic rings. The van der Waals surface area contributed by atoms with Gasteiger partial charge in [-0.2, -0.15) is 13.1 Å². The van der Waals surface area contributed by atoms with Crippen LogP contribution in [0, 0.1) is 0 Å². The van der Waals surface area contributed by atoms with E-state index in [0.717, 1.165) is 0 Å². The van der Waals surface area contributed by atoms with Crippen molar-refractivity contribution in [3.63, 3.8) is 0 Å². The predicted molar refractivity (Wildman–Crippen MR) is 78.5 cm³/mol. The van der Waals surface area contributed by atoms with Gasteiger partial charge < -0.3 is 15.4 Å². The van der Waals surface area contributed by atoms with E-state index in [2.05, 4.69) is 9.46 Å². The molecule has 8 nitrogen and oxygen atoms in total. The number of hydrogen-bond acceptors (Lipinski definition) is 6. The Hall–Kier alpha value is -0.970. The molecule has 0 aliphatic carbocycles. The van der Waals surface area contributed by atoms with Crippen LogP contribution in [0.5, 0.6) is 0 Å². The molecule has 0 saturated carbocycles. The van der Waals surface area contributed by atoms with Crippen molar-refractivity contribution < 1.29 is 17.9 Å². The molecule has 0 aromatic carbocycles. The van der Waals surface area contributed by atoms with Gasteiger partial charge in [0.1, 0.15) is 0 Å². The first-order chi connectivity index (χ1) is 9.21. The number of nitrogens with two attached hydrogens (primary N) is 1. The van der Waals surface area contributed by atoms with Gasteiger partial charge in [-0.05, 0) is 26.8 Å². The standard InChI is InChI=1S/C10H20N4O4S2/c1-3-18-9(15)12-20(16,17)13-10(8(11)19)4-6-14(2)7-5-10/h13H,3-7H2,1-2H3,(H2,11,19)(H,12,15). The Balaban J connectivity index is 2.80. The third-order valence-corrected chi connectivity index (χ3v) is 4.62. The van der Waals surface area contributed by atoms with E-state index >= 15 is 0 Å². The van der Waals surface area contributed by atoms with Crippen molar-refractivity contribution in [1.82, 2.24) is 14.3 Å². The Bertz CT molecular complexity index is 472. The molecule has 0 radical (unpaired) electrons. The van der Waals surface area contributed by atoms with Crippen molar-refractivity contribution >= 4 is 33.5 Å². The molecule has 4 N–H and O–H groups in total. The lowest BCUT2D eigenvalue weighted by molar-refractivity contribution is 0.158. The first-order valence-electron chi connectivity index (χ1n) is 6.18. The number of amides is 1. The molecular weight excluding hydrogens is 304 g/mol. The van der Waals surface area contributed by atoms with Crippen LogP contribution in [0.4, 0.5) is 4.79 Å². The smallest absolute Gasteiger partial charge is 0.421 e. The molecule has 116 valence electrons. The lowest BCUT2D eigenvalue weighted by Gasteiger charge is -2.39. The second kappa shape index (κ2) is 6.66. The number of rotatable bonds is 5. The normalized spacial score (nSPS) is 19.3. The molecule has 1 amide bonds. The number of piperidine rings is 1. The fourth-order valence-corrected chi connectivity index (χ4v) is 3.43. The second-order valence-corrected chi connectivity index (χ2v) is 6.53. The zero-order valence-corrected chi connectivity index (χ0v) is 13.1. The van der Waals surface area contributed by atoms with Crippen LogP contribution in [-0.2, 0) is 14.9 Å². The maximum atomic E-state index is 11.9. The number of nitrogens with zero attached hydrogens (tertiary/aromatic N) is 1. The third-order valence-electron chi connectivity index (χ3n) is 3.14. The minimum Gasteiger partial charge on any atom is -0.449 e. The molecule has 1 rings (SSSR count). The van der Waals surface area contributed by atoms with Gasteiger partial charge in [0.25, 0.3) is 0 Å². The van der Waals surface area contributed by atoms with E-state index in [1.807, 2.05) is 11.9 Å². The zero-order valence-electron chi connectivity index (χ0n) is 11.5. The van der Waals surface area contributed by atoms with E-state index in [-0.39, 0.29) is 11.6 Å². The lowest BCUT2D eigenvalue weighted by atomic mass is 9.89. The molecule has 1 aliphatic heterocycles. The summed E-state index contributed by atoms with van der Waals surface area (Å²) in [4.78, 5) is 13.3. The first-order valence-corrected chi connectivity index (χ1v) is 8.07. The molecule has 0 atom stereocenters. The molecule has 10 heteroatoms. The summed E-state index contributed by atoms with van der Waals surface area (Å²) in [5.74, 6) is 0. The van der Waals surface area contributed by atoms with E-state index in [1.165, 1.54) is 0 Å². The van der Waals surface area contributed by atoms with Crippen LogP contribution < -0.4 is 15.2 Å². The van der Waals surface area contributed by atoms with Crippen LogP contribution in [0.3, 0.4) is 0 Å². The summed E-state index contributed by atoms with van der Waals surface area (Å²) in [5.41, 5.74) is 4.67. The van der Waals surface area contributed by atoms with Gasteiger partial charge in [-0.3, -0.25) is 0 Å². The molecule has 1 saturated heterocycles. The van der Waals surface area contributed by atoms with Gasteiger partial charge in [0.05, 0.1) is 17.1 Å². The number of carbonyl (C=O) groups excluding carboxylic acids is 1. The molecule has 0 spiro atoms. The van der Waals surface area contributed by atoms with Gasteiger partial charge in [0.15, 0.2) is 0 Å². The molecule has 1 heterocycles. The van der Waals surface area contributed by atoms with Gasteiger partial charge >= 0.3 is 16.3 Å². The monoisotopic (exact) mass is 324 g/mol. The minimum atomic E-state index is -4.08. The number of nitrogens with one attached hydrogen (secondary N) is 2. The topological polar surface area (TPSA) is 114 Å². The highest BCUT2D eigenvalue weighted by Crippen LogP contribution is 2.22.